The molecule has 0 atom stereocenters. The summed E-state index contributed by atoms with van der Waals surface area (Å²) < 4.78 is 39.3. The molecule has 0 aromatic carbocycles. The summed E-state index contributed by atoms with van der Waals surface area (Å²) in [5.41, 5.74) is 0.372. The van der Waals surface area contributed by atoms with Crippen LogP contribution in [0.4, 0.5) is 13.2 Å². The minimum Gasteiger partial charge on any atom is -0.282 e. The van der Waals surface area contributed by atoms with Gasteiger partial charge in [-0.2, -0.15) is 13.2 Å². The third-order valence-corrected chi connectivity index (χ3v) is 3.03. The maximum absolute atomic E-state index is 12.6. The Balaban J connectivity index is 2.88. The van der Waals surface area contributed by atoms with Gasteiger partial charge in [-0.3, -0.25) is 4.40 Å². The van der Waals surface area contributed by atoms with Crippen LogP contribution in [0.3, 0.4) is 0 Å². The van der Waals surface area contributed by atoms with Crippen molar-refractivity contribution in [3.63, 3.8) is 0 Å². The maximum Gasteiger partial charge on any atom is 0.450 e. The van der Waals surface area contributed by atoms with Gasteiger partial charge in [0.15, 0.2) is 0 Å². The minimum absolute atomic E-state index is 0.177. The number of hydrogen-bond acceptors (Lipinski definition) is 1. The van der Waals surface area contributed by atoms with Crippen LogP contribution in [0, 0.1) is 0 Å². The lowest BCUT2D eigenvalue weighted by atomic mass is 10.4. The van der Waals surface area contributed by atoms with Gasteiger partial charge in [0.05, 0.1) is 10.1 Å². The first-order valence-electron chi connectivity index (χ1n) is 3.81. The zero-order chi connectivity index (χ0) is 11.2. The molecule has 0 radical (unpaired) electrons. The topological polar surface area (TPSA) is 17.3 Å². The van der Waals surface area contributed by atoms with Crippen LogP contribution in [-0.2, 0) is 6.18 Å². The van der Waals surface area contributed by atoms with Gasteiger partial charge < -0.3 is 0 Å². The fourth-order valence-corrected chi connectivity index (χ4v) is 2.24. The SMILES string of the molecule is FC(F)(F)c1nc(Br)c2cccc(Br)n12. The molecule has 0 aliphatic carbocycles. The van der Waals surface area contributed by atoms with Gasteiger partial charge in [-0.05, 0) is 44.0 Å². The molecule has 0 saturated heterocycles. The number of fused-ring (bicyclic) bond motifs is 1. The molecule has 0 bridgehead atoms. The summed E-state index contributed by atoms with van der Waals surface area (Å²) in [7, 11) is 0. The quantitative estimate of drug-likeness (QED) is 0.663. The van der Waals surface area contributed by atoms with E-state index in [1.54, 1.807) is 12.1 Å². The number of aromatic nitrogens is 2. The molecule has 0 aliphatic rings. The molecule has 0 unspecified atom stereocenters. The average Bonchev–Trinajstić information content (AvgIpc) is 2.45. The van der Waals surface area contributed by atoms with E-state index < -0.39 is 12.0 Å². The zero-order valence-electron chi connectivity index (χ0n) is 7.02. The predicted molar refractivity (Wildman–Crippen MR) is 55.6 cm³/mol. The van der Waals surface area contributed by atoms with Crippen molar-refractivity contribution in [3.8, 4) is 0 Å². The average molecular weight is 344 g/mol. The summed E-state index contributed by atoms with van der Waals surface area (Å²) in [6.07, 6.45) is -4.47. The van der Waals surface area contributed by atoms with Crippen LogP contribution in [0.5, 0.6) is 0 Å². The summed E-state index contributed by atoms with van der Waals surface area (Å²) in [5.74, 6) is -0.947. The van der Waals surface area contributed by atoms with Crippen LogP contribution in [0.2, 0.25) is 0 Å². The molecular weight excluding hydrogens is 341 g/mol. The number of hydrogen-bond donors (Lipinski definition) is 0. The highest BCUT2D eigenvalue weighted by atomic mass is 79.9. The van der Waals surface area contributed by atoms with Gasteiger partial charge in [0, 0.05) is 0 Å². The second kappa shape index (κ2) is 3.48. The largest absolute Gasteiger partial charge is 0.450 e. The molecule has 2 heterocycles. The van der Waals surface area contributed by atoms with E-state index in [0.717, 1.165) is 4.40 Å². The zero-order valence-corrected chi connectivity index (χ0v) is 10.2. The maximum atomic E-state index is 12.6. The number of imidazole rings is 1. The Morgan fingerprint density at radius 2 is 1.87 bits per heavy atom. The number of pyridine rings is 1. The molecule has 0 aliphatic heterocycles. The molecule has 2 aromatic heterocycles. The van der Waals surface area contributed by atoms with Crippen molar-refractivity contribution in [2.24, 2.45) is 0 Å². The lowest BCUT2D eigenvalue weighted by molar-refractivity contribution is -0.145. The van der Waals surface area contributed by atoms with Crippen molar-refractivity contribution in [2.45, 2.75) is 6.18 Å². The molecule has 0 saturated carbocycles. The molecule has 0 spiro atoms. The minimum atomic E-state index is -4.47. The Hall–Kier alpha value is -0.560. The van der Waals surface area contributed by atoms with Gasteiger partial charge in [0.2, 0.25) is 5.82 Å². The van der Waals surface area contributed by atoms with Crippen LogP contribution in [0.1, 0.15) is 5.82 Å². The van der Waals surface area contributed by atoms with E-state index in [2.05, 4.69) is 36.8 Å². The first kappa shape index (κ1) is 10.9. The number of alkyl halides is 3. The molecule has 2 nitrogen and oxygen atoms in total. The predicted octanol–water partition coefficient (Wildman–Crippen LogP) is 3.88. The summed E-state index contributed by atoms with van der Waals surface area (Å²) in [4.78, 5) is 3.45. The number of halogens is 5. The van der Waals surface area contributed by atoms with Gasteiger partial charge in [-0.25, -0.2) is 4.98 Å². The highest BCUT2D eigenvalue weighted by molar-refractivity contribution is 9.11. The molecule has 7 heteroatoms. The third kappa shape index (κ3) is 1.78. The second-order valence-corrected chi connectivity index (χ2v) is 4.36. The van der Waals surface area contributed by atoms with E-state index in [-0.39, 0.29) is 4.60 Å². The van der Waals surface area contributed by atoms with Gasteiger partial charge in [0.1, 0.15) is 4.60 Å². The smallest absolute Gasteiger partial charge is 0.282 e. The Morgan fingerprint density at radius 3 is 2.47 bits per heavy atom. The lowest BCUT2D eigenvalue weighted by Crippen LogP contribution is -2.11. The fraction of sp³-hybridized carbons (Fsp3) is 0.125. The molecule has 0 N–H and O–H groups in total. The van der Waals surface area contributed by atoms with Crippen molar-refractivity contribution < 1.29 is 13.2 Å². The van der Waals surface area contributed by atoms with Crippen LogP contribution >= 0.6 is 31.9 Å². The highest BCUT2D eigenvalue weighted by Crippen LogP contribution is 2.33. The normalized spacial score (nSPS) is 12.3. The van der Waals surface area contributed by atoms with E-state index in [4.69, 9.17) is 0 Å². The molecule has 0 fully saturated rings. The van der Waals surface area contributed by atoms with Crippen LogP contribution in [0.25, 0.3) is 5.52 Å². The first-order chi connectivity index (χ1) is 6.91. The second-order valence-electron chi connectivity index (χ2n) is 2.79. The van der Waals surface area contributed by atoms with E-state index in [0.29, 0.717) is 10.1 Å². The lowest BCUT2D eigenvalue weighted by Gasteiger charge is -2.06. The Morgan fingerprint density at radius 1 is 1.20 bits per heavy atom. The van der Waals surface area contributed by atoms with Crippen LogP contribution in [0.15, 0.2) is 27.4 Å². The Kier molecular flexibility index (Phi) is 2.54. The van der Waals surface area contributed by atoms with Gasteiger partial charge in [-0.15, -0.1) is 0 Å². The van der Waals surface area contributed by atoms with Gasteiger partial charge in [0.25, 0.3) is 0 Å². The van der Waals surface area contributed by atoms with Crippen molar-refractivity contribution in [2.75, 3.05) is 0 Å². The highest BCUT2D eigenvalue weighted by Gasteiger charge is 2.37. The number of rotatable bonds is 0. The van der Waals surface area contributed by atoms with Gasteiger partial charge in [-0.1, -0.05) is 6.07 Å². The molecule has 15 heavy (non-hydrogen) atoms. The standard InChI is InChI=1S/C8H3Br2F3N2/c9-5-3-1-2-4-6(10)14-7(15(4)5)8(11,12)13/h1-3H. The van der Waals surface area contributed by atoms with E-state index in [9.17, 15) is 13.2 Å². The molecule has 2 rings (SSSR count). The summed E-state index contributed by atoms with van der Waals surface area (Å²) >= 11 is 6.05. The monoisotopic (exact) mass is 342 g/mol. The number of nitrogens with zero attached hydrogens (tertiary/aromatic N) is 2. The van der Waals surface area contributed by atoms with Gasteiger partial charge >= 0.3 is 6.18 Å². The van der Waals surface area contributed by atoms with Crippen LogP contribution < -0.4 is 0 Å². The van der Waals surface area contributed by atoms with Crippen molar-refractivity contribution >= 4 is 37.4 Å². The molecular formula is C8H3Br2F3N2. The first-order valence-corrected chi connectivity index (χ1v) is 5.39. The van der Waals surface area contributed by atoms with E-state index in [1.165, 1.54) is 6.07 Å². The van der Waals surface area contributed by atoms with Crippen molar-refractivity contribution in [1.29, 1.82) is 0 Å². The molecule has 2 aromatic rings. The van der Waals surface area contributed by atoms with Crippen LogP contribution in [-0.4, -0.2) is 9.38 Å². The summed E-state index contributed by atoms with van der Waals surface area (Å²) in [6.45, 7) is 0. The summed E-state index contributed by atoms with van der Waals surface area (Å²) in [6, 6.07) is 4.72. The van der Waals surface area contributed by atoms with E-state index >= 15 is 0 Å². The summed E-state index contributed by atoms with van der Waals surface area (Å²) in [5, 5.41) is 0. The van der Waals surface area contributed by atoms with E-state index in [1.807, 2.05) is 0 Å². The Labute approximate surface area is 99.4 Å². The third-order valence-electron chi connectivity index (χ3n) is 1.82. The van der Waals surface area contributed by atoms with Crippen molar-refractivity contribution in [3.05, 3.63) is 33.2 Å². The van der Waals surface area contributed by atoms with Crippen molar-refractivity contribution in [1.82, 2.24) is 9.38 Å². The molecule has 80 valence electrons. The Bertz CT molecular complexity index is 518. The molecule has 0 amide bonds. The fourth-order valence-electron chi connectivity index (χ4n) is 1.25.